The van der Waals surface area contributed by atoms with Gasteiger partial charge in [-0.3, -0.25) is 4.79 Å². The molecule has 2 aromatic heterocycles. The number of tetrazole rings is 1. The van der Waals surface area contributed by atoms with Gasteiger partial charge in [0.15, 0.2) is 11.5 Å². The zero-order chi connectivity index (χ0) is 13.9. The molecular formula is C12H16N6O2. The van der Waals surface area contributed by atoms with Crippen molar-refractivity contribution in [2.24, 2.45) is 0 Å². The summed E-state index contributed by atoms with van der Waals surface area (Å²) < 4.78 is 6.17. The van der Waals surface area contributed by atoms with Crippen LogP contribution < -0.4 is 4.90 Å². The number of carbonyl (C=O) groups is 1. The fourth-order valence-electron chi connectivity index (χ4n) is 2.58. The van der Waals surface area contributed by atoms with E-state index in [1.807, 2.05) is 12.1 Å². The molecule has 2 aromatic rings. The van der Waals surface area contributed by atoms with Gasteiger partial charge in [0, 0.05) is 12.6 Å². The number of carbonyl (C=O) groups excluding carboxylic acids is 1. The van der Waals surface area contributed by atoms with Gasteiger partial charge in [0.1, 0.15) is 0 Å². The average molecular weight is 276 g/mol. The average Bonchev–Trinajstić information content (AvgIpc) is 2.95. The van der Waals surface area contributed by atoms with E-state index in [1.165, 1.54) is 11.7 Å². The first-order chi connectivity index (χ1) is 9.78. The Labute approximate surface area is 115 Å². The van der Waals surface area contributed by atoms with E-state index in [0.29, 0.717) is 12.1 Å². The van der Waals surface area contributed by atoms with Gasteiger partial charge in [0.05, 0.1) is 13.5 Å². The maximum Gasteiger partial charge on any atom is 0.307 e. The van der Waals surface area contributed by atoms with E-state index in [2.05, 4.69) is 25.5 Å². The van der Waals surface area contributed by atoms with Crippen LogP contribution in [0, 0.1) is 0 Å². The van der Waals surface area contributed by atoms with Crippen LogP contribution in [0.5, 0.6) is 0 Å². The summed E-state index contributed by atoms with van der Waals surface area (Å²) >= 11 is 0. The van der Waals surface area contributed by atoms with E-state index >= 15 is 0 Å². The lowest BCUT2D eigenvalue weighted by atomic mass is 9.99. The second-order valence-corrected chi connectivity index (χ2v) is 4.84. The summed E-state index contributed by atoms with van der Waals surface area (Å²) in [6, 6.07) is 3.84. The minimum atomic E-state index is -0.189. The van der Waals surface area contributed by atoms with Crippen LogP contribution in [-0.4, -0.2) is 50.9 Å². The van der Waals surface area contributed by atoms with Crippen LogP contribution in [-0.2, 0) is 9.53 Å². The van der Waals surface area contributed by atoms with Crippen molar-refractivity contribution >= 4 is 17.4 Å². The van der Waals surface area contributed by atoms with Gasteiger partial charge in [0.2, 0.25) is 0 Å². The van der Waals surface area contributed by atoms with Crippen molar-refractivity contribution in [3.8, 4) is 0 Å². The first-order valence-corrected chi connectivity index (χ1v) is 6.67. The summed E-state index contributed by atoms with van der Waals surface area (Å²) in [5.41, 5.74) is 0.607. The molecule has 0 bridgehead atoms. The Morgan fingerprint density at radius 2 is 2.35 bits per heavy atom. The number of rotatable bonds is 3. The molecule has 3 rings (SSSR count). The lowest BCUT2D eigenvalue weighted by molar-refractivity contribution is -0.141. The molecule has 0 aromatic carbocycles. The zero-order valence-corrected chi connectivity index (χ0v) is 11.3. The van der Waals surface area contributed by atoms with Crippen LogP contribution in [0.1, 0.15) is 25.7 Å². The van der Waals surface area contributed by atoms with Gasteiger partial charge in [-0.2, -0.15) is 0 Å². The van der Waals surface area contributed by atoms with Crippen molar-refractivity contribution in [1.82, 2.24) is 25.3 Å². The molecule has 0 radical (unpaired) electrons. The predicted molar refractivity (Wildman–Crippen MR) is 70.2 cm³/mol. The summed E-state index contributed by atoms with van der Waals surface area (Å²) in [6.07, 6.45) is 3.55. The molecule has 1 aliphatic heterocycles. The normalized spacial score (nSPS) is 19.2. The highest BCUT2D eigenvalue weighted by molar-refractivity contribution is 5.70. The van der Waals surface area contributed by atoms with Crippen LogP contribution in [0.3, 0.4) is 0 Å². The van der Waals surface area contributed by atoms with Crippen LogP contribution in [0.25, 0.3) is 5.65 Å². The molecule has 3 heterocycles. The molecule has 1 fully saturated rings. The number of hydrogen-bond donors (Lipinski definition) is 0. The molecule has 0 aliphatic carbocycles. The first-order valence-electron chi connectivity index (χ1n) is 6.67. The van der Waals surface area contributed by atoms with E-state index < -0.39 is 0 Å². The largest absolute Gasteiger partial charge is 0.469 e. The summed E-state index contributed by atoms with van der Waals surface area (Å²) in [4.78, 5) is 13.7. The van der Waals surface area contributed by atoms with Gasteiger partial charge >= 0.3 is 5.97 Å². The Kier molecular flexibility index (Phi) is 3.44. The van der Waals surface area contributed by atoms with E-state index in [-0.39, 0.29) is 12.0 Å². The van der Waals surface area contributed by atoms with Gasteiger partial charge in [-0.25, -0.2) is 0 Å². The van der Waals surface area contributed by atoms with Crippen LogP contribution in [0.2, 0.25) is 0 Å². The van der Waals surface area contributed by atoms with E-state index in [9.17, 15) is 4.79 Å². The van der Waals surface area contributed by atoms with E-state index in [4.69, 9.17) is 4.74 Å². The number of hydrogen-bond acceptors (Lipinski definition) is 7. The molecule has 1 saturated heterocycles. The maximum atomic E-state index is 11.5. The fraction of sp³-hybridized carbons (Fsp3) is 0.583. The topological polar surface area (TPSA) is 85.5 Å². The van der Waals surface area contributed by atoms with E-state index in [1.54, 1.807) is 0 Å². The standard InChI is InChI=1S/C12H16N6O2/c1-20-12(19)8-9-4-2-3-7-17(9)11-6-5-10-13-15-16-18(10)14-11/h5-6,9H,2-4,7-8H2,1H3. The number of nitrogens with zero attached hydrogens (tertiary/aromatic N) is 6. The Hall–Kier alpha value is -2.25. The van der Waals surface area contributed by atoms with Crippen molar-refractivity contribution in [3.63, 3.8) is 0 Å². The van der Waals surface area contributed by atoms with Crippen LogP contribution >= 0.6 is 0 Å². The molecule has 0 saturated carbocycles. The third kappa shape index (κ3) is 2.40. The molecule has 1 aliphatic rings. The molecule has 20 heavy (non-hydrogen) atoms. The second-order valence-electron chi connectivity index (χ2n) is 4.84. The number of anilines is 1. The quantitative estimate of drug-likeness (QED) is 0.752. The summed E-state index contributed by atoms with van der Waals surface area (Å²) in [7, 11) is 1.42. The molecular weight excluding hydrogens is 260 g/mol. The van der Waals surface area contributed by atoms with Gasteiger partial charge in [-0.05, 0) is 41.8 Å². The number of fused-ring (bicyclic) bond motifs is 1. The smallest absolute Gasteiger partial charge is 0.307 e. The summed E-state index contributed by atoms with van der Waals surface area (Å²) in [6.45, 7) is 0.877. The lowest BCUT2D eigenvalue weighted by Gasteiger charge is -2.35. The fourth-order valence-corrected chi connectivity index (χ4v) is 2.58. The lowest BCUT2D eigenvalue weighted by Crippen LogP contribution is -2.41. The van der Waals surface area contributed by atoms with Crippen molar-refractivity contribution in [2.45, 2.75) is 31.7 Å². The van der Waals surface area contributed by atoms with Gasteiger partial charge in [0.25, 0.3) is 0 Å². The SMILES string of the molecule is COC(=O)CC1CCCCN1c1ccc2nnnn2n1. The first kappa shape index (κ1) is 12.8. The third-order valence-corrected chi connectivity index (χ3v) is 3.61. The maximum absolute atomic E-state index is 11.5. The molecule has 8 heteroatoms. The van der Waals surface area contributed by atoms with E-state index in [0.717, 1.165) is 31.6 Å². The van der Waals surface area contributed by atoms with Gasteiger partial charge in [-0.1, -0.05) is 0 Å². The van der Waals surface area contributed by atoms with Crippen molar-refractivity contribution < 1.29 is 9.53 Å². The molecule has 1 unspecified atom stereocenters. The molecule has 0 amide bonds. The van der Waals surface area contributed by atoms with Gasteiger partial charge in [-0.15, -0.1) is 14.8 Å². The van der Waals surface area contributed by atoms with Crippen LogP contribution in [0.4, 0.5) is 5.82 Å². The Morgan fingerprint density at radius 3 is 3.20 bits per heavy atom. The zero-order valence-electron chi connectivity index (χ0n) is 11.3. The minimum Gasteiger partial charge on any atom is -0.469 e. The number of ether oxygens (including phenoxy) is 1. The van der Waals surface area contributed by atoms with Crippen molar-refractivity contribution in [3.05, 3.63) is 12.1 Å². The van der Waals surface area contributed by atoms with Crippen molar-refractivity contribution in [2.75, 3.05) is 18.6 Å². The second kappa shape index (κ2) is 5.40. The number of methoxy groups -OCH3 is 1. The summed E-state index contributed by atoms with van der Waals surface area (Å²) in [5, 5.41) is 15.6. The molecule has 0 spiro atoms. The highest BCUT2D eigenvalue weighted by Crippen LogP contribution is 2.25. The Balaban J connectivity index is 1.86. The number of aromatic nitrogens is 5. The van der Waals surface area contributed by atoms with Gasteiger partial charge < -0.3 is 9.64 Å². The third-order valence-electron chi connectivity index (χ3n) is 3.61. The molecule has 1 atom stereocenters. The Morgan fingerprint density at radius 1 is 1.45 bits per heavy atom. The molecule has 106 valence electrons. The number of esters is 1. The monoisotopic (exact) mass is 276 g/mol. The molecule has 0 N–H and O–H groups in total. The van der Waals surface area contributed by atoms with Crippen LogP contribution in [0.15, 0.2) is 12.1 Å². The highest BCUT2D eigenvalue weighted by Gasteiger charge is 2.26. The molecule has 8 nitrogen and oxygen atoms in total. The number of piperidine rings is 1. The summed E-state index contributed by atoms with van der Waals surface area (Å²) in [5.74, 6) is 0.601. The highest BCUT2D eigenvalue weighted by atomic mass is 16.5. The predicted octanol–water partition coefficient (Wildman–Crippen LogP) is 0.441. The van der Waals surface area contributed by atoms with Crippen molar-refractivity contribution in [1.29, 1.82) is 0 Å². The minimum absolute atomic E-state index is 0.123. The Bertz CT molecular complexity index is 613.